The van der Waals surface area contributed by atoms with E-state index in [4.69, 9.17) is 5.84 Å². The number of hydrogen-bond donors (Lipinski definition) is 3. The largest absolute Gasteiger partial charge is 0.294 e. The molecule has 0 amide bonds. The predicted molar refractivity (Wildman–Crippen MR) is 75.0 cm³/mol. The summed E-state index contributed by atoms with van der Waals surface area (Å²) < 4.78 is 0. The van der Waals surface area contributed by atoms with Gasteiger partial charge in [-0.1, -0.05) is 30.3 Å². The SMILES string of the molecule is NNc1nc2ncc(Cc3ccccc3)nc2c(=O)[nH]1. The molecule has 100 valence electrons. The molecule has 3 rings (SSSR count). The molecule has 0 spiro atoms. The molecule has 0 aliphatic carbocycles. The number of fused-ring (bicyclic) bond motifs is 1. The van der Waals surface area contributed by atoms with Crippen LogP contribution in [0.15, 0.2) is 41.3 Å². The molecule has 0 aliphatic rings. The number of benzene rings is 1. The quantitative estimate of drug-likeness (QED) is 0.473. The van der Waals surface area contributed by atoms with E-state index in [1.807, 2.05) is 30.3 Å². The van der Waals surface area contributed by atoms with Gasteiger partial charge in [0.1, 0.15) is 0 Å². The smallest absolute Gasteiger partial charge is 0.280 e. The van der Waals surface area contributed by atoms with E-state index in [-0.39, 0.29) is 22.7 Å². The average molecular weight is 268 g/mol. The Kier molecular flexibility index (Phi) is 3.10. The maximum atomic E-state index is 11.9. The van der Waals surface area contributed by atoms with Gasteiger partial charge in [0.25, 0.3) is 5.56 Å². The molecule has 0 atom stereocenters. The summed E-state index contributed by atoms with van der Waals surface area (Å²) in [7, 11) is 0. The molecule has 3 aromatic rings. The Morgan fingerprint density at radius 3 is 2.75 bits per heavy atom. The first kappa shape index (κ1) is 12.2. The lowest BCUT2D eigenvalue weighted by Gasteiger charge is -2.03. The number of hydrogen-bond acceptors (Lipinski definition) is 6. The Morgan fingerprint density at radius 2 is 2.00 bits per heavy atom. The third-order valence-corrected chi connectivity index (χ3v) is 2.83. The minimum Gasteiger partial charge on any atom is -0.294 e. The summed E-state index contributed by atoms with van der Waals surface area (Å²) in [4.78, 5) is 26.9. The van der Waals surface area contributed by atoms with E-state index in [0.29, 0.717) is 12.1 Å². The molecule has 0 bridgehead atoms. The second-order valence-corrected chi connectivity index (χ2v) is 4.25. The summed E-state index contributed by atoms with van der Waals surface area (Å²) in [6.07, 6.45) is 2.22. The minimum absolute atomic E-state index is 0.160. The maximum Gasteiger partial charge on any atom is 0.280 e. The van der Waals surface area contributed by atoms with E-state index >= 15 is 0 Å². The molecule has 2 aromatic heterocycles. The first-order valence-corrected chi connectivity index (χ1v) is 6.03. The van der Waals surface area contributed by atoms with Crippen LogP contribution in [0.25, 0.3) is 11.2 Å². The molecule has 0 saturated carbocycles. The highest BCUT2D eigenvalue weighted by Crippen LogP contribution is 2.09. The standard InChI is InChI=1S/C13H12N6O/c14-19-13-17-11-10(12(20)18-13)16-9(7-15-11)6-8-4-2-1-3-5-8/h1-5,7H,6,14H2,(H2,15,17,18,19,20). The number of aromatic nitrogens is 4. The highest BCUT2D eigenvalue weighted by molar-refractivity contribution is 5.69. The van der Waals surface area contributed by atoms with Crippen molar-refractivity contribution in [3.63, 3.8) is 0 Å². The van der Waals surface area contributed by atoms with Crippen LogP contribution in [0.1, 0.15) is 11.3 Å². The number of nitrogens with two attached hydrogens (primary N) is 1. The van der Waals surface area contributed by atoms with Crippen LogP contribution in [0.2, 0.25) is 0 Å². The highest BCUT2D eigenvalue weighted by Gasteiger charge is 2.07. The van der Waals surface area contributed by atoms with Gasteiger partial charge in [-0.05, 0) is 5.56 Å². The average Bonchev–Trinajstić information content (AvgIpc) is 2.48. The molecule has 7 heteroatoms. The first-order chi connectivity index (χ1) is 9.76. The summed E-state index contributed by atoms with van der Waals surface area (Å²) in [6, 6.07) is 9.85. The normalized spacial score (nSPS) is 10.7. The van der Waals surface area contributed by atoms with Crippen LogP contribution in [-0.4, -0.2) is 19.9 Å². The van der Waals surface area contributed by atoms with Crippen molar-refractivity contribution in [3.8, 4) is 0 Å². The Bertz CT molecular complexity index is 799. The zero-order chi connectivity index (χ0) is 13.9. The number of anilines is 1. The highest BCUT2D eigenvalue weighted by atomic mass is 16.1. The Labute approximate surface area is 113 Å². The van der Waals surface area contributed by atoms with E-state index in [0.717, 1.165) is 5.56 Å². The number of nitrogens with one attached hydrogen (secondary N) is 2. The van der Waals surface area contributed by atoms with Gasteiger partial charge in [0.2, 0.25) is 5.95 Å². The van der Waals surface area contributed by atoms with Gasteiger partial charge in [0.15, 0.2) is 11.2 Å². The van der Waals surface area contributed by atoms with Crippen molar-refractivity contribution >= 4 is 17.1 Å². The van der Waals surface area contributed by atoms with Crippen LogP contribution in [-0.2, 0) is 6.42 Å². The number of aromatic amines is 1. The van der Waals surface area contributed by atoms with Crippen molar-refractivity contribution in [1.29, 1.82) is 0 Å². The number of nitrogen functional groups attached to an aromatic ring is 1. The van der Waals surface area contributed by atoms with Crippen molar-refractivity contribution in [3.05, 3.63) is 58.1 Å². The van der Waals surface area contributed by atoms with Gasteiger partial charge in [0, 0.05) is 6.42 Å². The van der Waals surface area contributed by atoms with Gasteiger partial charge in [-0.25, -0.2) is 15.8 Å². The second kappa shape index (κ2) is 5.06. The van der Waals surface area contributed by atoms with Gasteiger partial charge in [-0.15, -0.1) is 0 Å². The van der Waals surface area contributed by atoms with Crippen molar-refractivity contribution in [2.24, 2.45) is 5.84 Å². The molecule has 0 aliphatic heterocycles. The van der Waals surface area contributed by atoms with Crippen LogP contribution in [0.5, 0.6) is 0 Å². The lowest BCUT2D eigenvalue weighted by molar-refractivity contribution is 1.03. The van der Waals surface area contributed by atoms with E-state index in [2.05, 4.69) is 25.4 Å². The lowest BCUT2D eigenvalue weighted by Crippen LogP contribution is -2.18. The predicted octanol–water partition coefficient (Wildman–Crippen LogP) is 0.589. The van der Waals surface area contributed by atoms with Crippen molar-refractivity contribution in [2.45, 2.75) is 6.42 Å². The van der Waals surface area contributed by atoms with E-state index in [9.17, 15) is 4.79 Å². The van der Waals surface area contributed by atoms with Gasteiger partial charge >= 0.3 is 0 Å². The van der Waals surface area contributed by atoms with Gasteiger partial charge < -0.3 is 0 Å². The number of nitrogens with zero attached hydrogens (tertiary/aromatic N) is 3. The summed E-state index contributed by atoms with van der Waals surface area (Å²) in [5.74, 6) is 5.37. The van der Waals surface area contributed by atoms with E-state index in [1.54, 1.807) is 6.20 Å². The zero-order valence-corrected chi connectivity index (χ0v) is 10.5. The van der Waals surface area contributed by atoms with Crippen LogP contribution in [0.3, 0.4) is 0 Å². The van der Waals surface area contributed by atoms with Crippen LogP contribution in [0.4, 0.5) is 5.95 Å². The molecule has 2 heterocycles. The molecule has 0 radical (unpaired) electrons. The molecule has 0 unspecified atom stereocenters. The zero-order valence-electron chi connectivity index (χ0n) is 10.5. The van der Waals surface area contributed by atoms with Crippen LogP contribution >= 0.6 is 0 Å². The van der Waals surface area contributed by atoms with Crippen LogP contribution in [0, 0.1) is 0 Å². The first-order valence-electron chi connectivity index (χ1n) is 6.03. The monoisotopic (exact) mass is 268 g/mol. The molecular formula is C13H12N6O. The molecule has 7 nitrogen and oxygen atoms in total. The Morgan fingerprint density at radius 1 is 1.20 bits per heavy atom. The third kappa shape index (κ3) is 2.34. The van der Waals surface area contributed by atoms with Crippen molar-refractivity contribution in [1.82, 2.24) is 19.9 Å². The van der Waals surface area contributed by atoms with Gasteiger partial charge in [0.05, 0.1) is 11.9 Å². The molecular weight excluding hydrogens is 256 g/mol. The molecule has 0 fully saturated rings. The number of rotatable bonds is 3. The Hall–Kier alpha value is -2.80. The van der Waals surface area contributed by atoms with E-state index < -0.39 is 0 Å². The second-order valence-electron chi connectivity index (χ2n) is 4.25. The van der Waals surface area contributed by atoms with Crippen molar-refractivity contribution < 1.29 is 0 Å². The summed E-state index contributed by atoms with van der Waals surface area (Å²) >= 11 is 0. The topological polar surface area (TPSA) is 110 Å². The maximum absolute atomic E-state index is 11.9. The fourth-order valence-corrected chi connectivity index (χ4v) is 1.91. The van der Waals surface area contributed by atoms with Gasteiger partial charge in [-0.3, -0.25) is 15.2 Å². The molecule has 1 aromatic carbocycles. The van der Waals surface area contributed by atoms with Crippen LogP contribution < -0.4 is 16.8 Å². The fourth-order valence-electron chi connectivity index (χ4n) is 1.91. The van der Waals surface area contributed by atoms with Gasteiger partial charge in [-0.2, -0.15) is 4.98 Å². The van der Waals surface area contributed by atoms with E-state index in [1.165, 1.54) is 0 Å². The number of hydrazine groups is 1. The minimum atomic E-state index is -0.370. The number of H-pyrrole nitrogens is 1. The molecule has 20 heavy (non-hydrogen) atoms. The van der Waals surface area contributed by atoms with Crippen molar-refractivity contribution in [2.75, 3.05) is 5.43 Å². The Balaban J connectivity index is 2.03. The molecule has 0 saturated heterocycles. The third-order valence-electron chi connectivity index (χ3n) is 2.83. The summed E-state index contributed by atoms with van der Waals surface area (Å²) in [5, 5.41) is 0. The lowest BCUT2D eigenvalue weighted by atomic mass is 10.1. The summed E-state index contributed by atoms with van der Waals surface area (Å²) in [6.45, 7) is 0. The summed E-state index contributed by atoms with van der Waals surface area (Å²) in [5.41, 5.74) is 4.19. The fraction of sp³-hybridized carbons (Fsp3) is 0.0769. The molecule has 4 N–H and O–H groups in total.